The average molecular weight is 183 g/mol. The van der Waals surface area contributed by atoms with Crippen molar-refractivity contribution in [3.05, 3.63) is 27.8 Å². The fourth-order valence-electron chi connectivity index (χ4n) is 0.470. The molecule has 0 aromatic rings. The zero-order chi connectivity index (χ0) is 6.85. The van der Waals surface area contributed by atoms with Crippen LogP contribution in [-0.2, 0) is 0 Å². The fraction of sp³-hybridized carbons (Fsp3) is 0. The molecular formula is C5H3Cl3N. The summed E-state index contributed by atoms with van der Waals surface area (Å²) in [7, 11) is 0. The minimum absolute atomic E-state index is 0.438. The number of nitrogens with one attached hydrogen (secondary N) is 1. The highest BCUT2D eigenvalue weighted by Crippen LogP contribution is 2.21. The van der Waals surface area contributed by atoms with E-state index in [1.807, 2.05) is 0 Å². The third-order valence-electron chi connectivity index (χ3n) is 0.768. The maximum Gasteiger partial charge on any atom is 0.175 e. The molecule has 4 heteroatoms. The van der Waals surface area contributed by atoms with Crippen molar-refractivity contribution in [1.82, 2.24) is 5.32 Å². The van der Waals surface area contributed by atoms with Crippen molar-refractivity contribution in [3.8, 4) is 0 Å². The molecule has 0 amide bonds. The first-order valence-corrected chi connectivity index (χ1v) is 3.36. The Hall–Kier alpha value is 0.150. The van der Waals surface area contributed by atoms with E-state index < -0.39 is 0 Å². The van der Waals surface area contributed by atoms with Crippen molar-refractivity contribution in [2.24, 2.45) is 0 Å². The zero-order valence-electron chi connectivity index (χ0n) is 4.29. The molecule has 1 radical (unpaired) electrons. The van der Waals surface area contributed by atoms with Crippen LogP contribution in [0.4, 0.5) is 0 Å². The Morgan fingerprint density at radius 3 is 2.22 bits per heavy atom. The summed E-state index contributed by atoms with van der Waals surface area (Å²) in [6, 6.07) is 0. The first-order valence-electron chi connectivity index (χ1n) is 2.22. The molecule has 0 bridgehead atoms. The second kappa shape index (κ2) is 2.82. The molecule has 0 saturated heterocycles. The van der Waals surface area contributed by atoms with Gasteiger partial charge in [0, 0.05) is 5.03 Å². The normalized spacial score (nSPS) is 20.3. The van der Waals surface area contributed by atoms with Crippen LogP contribution in [0, 0.1) is 5.50 Å². The average Bonchev–Trinajstić information content (AvgIpc) is 1.59. The van der Waals surface area contributed by atoms with Crippen LogP contribution in [-0.4, -0.2) is 0 Å². The molecule has 49 valence electrons. The number of hydrogen-bond donors (Lipinski definition) is 1. The molecule has 1 rings (SSSR count). The minimum atomic E-state index is 0.438. The SMILES string of the molecule is Cl[C]1C=C(Cl)C=C(Cl)N1. The molecule has 0 fully saturated rings. The molecule has 0 aromatic carbocycles. The van der Waals surface area contributed by atoms with Crippen LogP contribution >= 0.6 is 34.8 Å². The van der Waals surface area contributed by atoms with Gasteiger partial charge in [-0.3, -0.25) is 0 Å². The second-order valence-electron chi connectivity index (χ2n) is 1.49. The Balaban J connectivity index is 2.74. The Labute approximate surface area is 68.3 Å². The van der Waals surface area contributed by atoms with Crippen LogP contribution < -0.4 is 5.32 Å². The standard InChI is InChI=1S/C5H3Cl3N/c6-3-1-4(7)9-5(8)2-3/h1-2,9H. The molecule has 0 aromatic heterocycles. The predicted molar refractivity (Wildman–Crippen MR) is 40.1 cm³/mol. The molecule has 0 aliphatic carbocycles. The lowest BCUT2D eigenvalue weighted by atomic mass is 10.4. The Bertz CT molecular complexity index is 173. The molecule has 0 atom stereocenters. The van der Waals surface area contributed by atoms with Crippen LogP contribution in [0.25, 0.3) is 0 Å². The number of dihydropyridines is 1. The van der Waals surface area contributed by atoms with Gasteiger partial charge in [-0.05, 0) is 12.2 Å². The zero-order valence-corrected chi connectivity index (χ0v) is 6.56. The largest absolute Gasteiger partial charge is 0.351 e. The number of hydrogen-bond acceptors (Lipinski definition) is 1. The van der Waals surface area contributed by atoms with Gasteiger partial charge in [-0.2, -0.15) is 0 Å². The molecule has 9 heavy (non-hydrogen) atoms. The molecule has 1 heterocycles. The molecule has 1 N–H and O–H groups in total. The van der Waals surface area contributed by atoms with Gasteiger partial charge in [0.2, 0.25) is 0 Å². The van der Waals surface area contributed by atoms with Gasteiger partial charge in [0.1, 0.15) is 5.16 Å². The molecule has 1 aliphatic rings. The van der Waals surface area contributed by atoms with Crippen LogP contribution in [0.15, 0.2) is 22.3 Å². The van der Waals surface area contributed by atoms with E-state index in [4.69, 9.17) is 34.8 Å². The summed E-state index contributed by atoms with van der Waals surface area (Å²) in [5.74, 6) is 0. The summed E-state index contributed by atoms with van der Waals surface area (Å²) in [5, 5.41) is 3.63. The third-order valence-corrected chi connectivity index (χ3v) is 1.39. The van der Waals surface area contributed by atoms with Crippen molar-refractivity contribution >= 4 is 34.8 Å². The van der Waals surface area contributed by atoms with E-state index in [9.17, 15) is 0 Å². The van der Waals surface area contributed by atoms with E-state index in [0.717, 1.165) is 0 Å². The molecule has 0 unspecified atom stereocenters. The first kappa shape index (κ1) is 7.26. The Kier molecular flexibility index (Phi) is 2.28. The number of allylic oxidation sites excluding steroid dienone is 2. The highest BCUT2D eigenvalue weighted by molar-refractivity contribution is 6.37. The van der Waals surface area contributed by atoms with Crippen LogP contribution in [0.3, 0.4) is 0 Å². The van der Waals surface area contributed by atoms with E-state index >= 15 is 0 Å². The fourth-order valence-corrected chi connectivity index (χ4v) is 1.29. The maximum absolute atomic E-state index is 5.56. The monoisotopic (exact) mass is 182 g/mol. The van der Waals surface area contributed by atoms with Gasteiger partial charge in [-0.1, -0.05) is 34.8 Å². The molecular weight excluding hydrogens is 180 g/mol. The summed E-state index contributed by atoms with van der Waals surface area (Å²) in [5.41, 5.74) is 0.438. The minimum Gasteiger partial charge on any atom is -0.351 e. The summed E-state index contributed by atoms with van der Waals surface area (Å²) >= 11 is 16.6. The summed E-state index contributed by atoms with van der Waals surface area (Å²) in [6.45, 7) is 0. The lowest BCUT2D eigenvalue weighted by Crippen LogP contribution is -2.13. The van der Waals surface area contributed by atoms with Gasteiger partial charge in [0.05, 0.1) is 0 Å². The molecule has 1 aliphatic heterocycles. The smallest absolute Gasteiger partial charge is 0.175 e. The van der Waals surface area contributed by atoms with E-state index in [1.54, 1.807) is 12.2 Å². The van der Waals surface area contributed by atoms with Crippen molar-refractivity contribution < 1.29 is 0 Å². The van der Waals surface area contributed by atoms with Gasteiger partial charge in [-0.25, -0.2) is 0 Å². The van der Waals surface area contributed by atoms with Gasteiger partial charge in [0.15, 0.2) is 5.50 Å². The van der Waals surface area contributed by atoms with Crippen molar-refractivity contribution in [2.45, 2.75) is 0 Å². The highest BCUT2D eigenvalue weighted by atomic mass is 35.5. The van der Waals surface area contributed by atoms with E-state index in [2.05, 4.69) is 5.32 Å². The predicted octanol–water partition coefficient (Wildman–Crippen LogP) is 2.52. The third kappa shape index (κ3) is 2.09. The van der Waals surface area contributed by atoms with E-state index in [1.165, 1.54) is 0 Å². The van der Waals surface area contributed by atoms with E-state index in [-0.39, 0.29) is 0 Å². The first-order chi connectivity index (χ1) is 4.18. The topological polar surface area (TPSA) is 12.0 Å². The summed E-state index contributed by atoms with van der Waals surface area (Å²) < 4.78 is 0. The maximum atomic E-state index is 5.56. The quantitative estimate of drug-likeness (QED) is 0.569. The number of halogens is 3. The Morgan fingerprint density at radius 1 is 1.11 bits per heavy atom. The lowest BCUT2D eigenvalue weighted by Gasteiger charge is -2.10. The highest BCUT2D eigenvalue weighted by Gasteiger charge is 2.08. The lowest BCUT2D eigenvalue weighted by molar-refractivity contribution is 1.02. The van der Waals surface area contributed by atoms with Gasteiger partial charge in [-0.15, -0.1) is 0 Å². The summed E-state index contributed by atoms with van der Waals surface area (Å²) in [6.07, 6.45) is 3.16. The van der Waals surface area contributed by atoms with Crippen molar-refractivity contribution in [3.63, 3.8) is 0 Å². The van der Waals surface area contributed by atoms with Crippen LogP contribution in [0.5, 0.6) is 0 Å². The van der Waals surface area contributed by atoms with Gasteiger partial charge in [0.25, 0.3) is 0 Å². The molecule has 0 spiro atoms. The van der Waals surface area contributed by atoms with Crippen LogP contribution in [0.2, 0.25) is 0 Å². The number of rotatable bonds is 0. The van der Waals surface area contributed by atoms with Gasteiger partial charge >= 0.3 is 0 Å². The van der Waals surface area contributed by atoms with E-state index in [0.29, 0.717) is 15.7 Å². The molecule has 0 saturated carbocycles. The van der Waals surface area contributed by atoms with Gasteiger partial charge < -0.3 is 5.32 Å². The van der Waals surface area contributed by atoms with Crippen molar-refractivity contribution in [2.75, 3.05) is 0 Å². The van der Waals surface area contributed by atoms with Crippen molar-refractivity contribution in [1.29, 1.82) is 0 Å². The Morgan fingerprint density at radius 2 is 1.78 bits per heavy atom. The second-order valence-corrected chi connectivity index (χ2v) is 2.75. The molecule has 1 nitrogen and oxygen atoms in total. The van der Waals surface area contributed by atoms with Crippen LogP contribution in [0.1, 0.15) is 0 Å². The summed E-state index contributed by atoms with van der Waals surface area (Å²) in [4.78, 5) is 0.